The summed E-state index contributed by atoms with van der Waals surface area (Å²) in [5.41, 5.74) is 4.35. The predicted octanol–water partition coefficient (Wildman–Crippen LogP) is 4.46. The fourth-order valence-corrected chi connectivity index (χ4v) is 3.14. The van der Waals surface area contributed by atoms with Crippen LogP contribution in [0.3, 0.4) is 0 Å². The average molecular weight is 381 g/mol. The number of rotatable bonds is 6. The SMILES string of the molecule is Cc1cc(C)c(Nc2cnc(C(=O)NCCc3ccccc3)cn2)c(Cl)c1. The summed E-state index contributed by atoms with van der Waals surface area (Å²) >= 11 is 6.30. The summed E-state index contributed by atoms with van der Waals surface area (Å²) in [5.74, 6) is 0.291. The minimum atomic E-state index is -0.241. The maximum atomic E-state index is 12.2. The maximum Gasteiger partial charge on any atom is 0.271 e. The molecule has 0 saturated carbocycles. The number of amides is 1. The Balaban J connectivity index is 1.59. The number of anilines is 2. The van der Waals surface area contributed by atoms with Gasteiger partial charge in [0.1, 0.15) is 11.5 Å². The van der Waals surface area contributed by atoms with Gasteiger partial charge < -0.3 is 10.6 Å². The fourth-order valence-electron chi connectivity index (χ4n) is 2.77. The van der Waals surface area contributed by atoms with E-state index in [0.29, 0.717) is 17.4 Å². The van der Waals surface area contributed by atoms with Crippen LogP contribution in [0.15, 0.2) is 54.9 Å². The van der Waals surface area contributed by atoms with Gasteiger partial charge in [-0.15, -0.1) is 0 Å². The molecule has 27 heavy (non-hydrogen) atoms. The first-order valence-electron chi connectivity index (χ1n) is 8.71. The summed E-state index contributed by atoms with van der Waals surface area (Å²) in [7, 11) is 0. The molecule has 3 rings (SSSR count). The van der Waals surface area contributed by atoms with Gasteiger partial charge in [-0.2, -0.15) is 0 Å². The molecule has 3 aromatic rings. The second-order valence-electron chi connectivity index (χ2n) is 6.34. The van der Waals surface area contributed by atoms with Crippen LogP contribution in [0.4, 0.5) is 11.5 Å². The summed E-state index contributed by atoms with van der Waals surface area (Å²) in [6, 6.07) is 13.9. The number of benzene rings is 2. The number of carbonyl (C=O) groups is 1. The van der Waals surface area contributed by atoms with E-state index in [1.54, 1.807) is 0 Å². The van der Waals surface area contributed by atoms with E-state index >= 15 is 0 Å². The maximum absolute atomic E-state index is 12.2. The molecule has 0 aliphatic carbocycles. The molecule has 1 heterocycles. The standard InChI is InChI=1S/C21H21ClN4O/c1-14-10-15(2)20(17(22)11-14)26-19-13-24-18(12-25-19)21(27)23-9-8-16-6-4-3-5-7-16/h3-7,10-13H,8-9H2,1-2H3,(H,23,27)(H,25,26). The van der Waals surface area contributed by atoms with Crippen molar-refractivity contribution in [1.82, 2.24) is 15.3 Å². The highest BCUT2D eigenvalue weighted by molar-refractivity contribution is 6.33. The Kier molecular flexibility index (Phi) is 6.04. The van der Waals surface area contributed by atoms with E-state index in [-0.39, 0.29) is 11.6 Å². The minimum Gasteiger partial charge on any atom is -0.350 e. The number of nitrogens with one attached hydrogen (secondary N) is 2. The van der Waals surface area contributed by atoms with Crippen LogP contribution < -0.4 is 10.6 Å². The van der Waals surface area contributed by atoms with Gasteiger partial charge in [0.2, 0.25) is 0 Å². The van der Waals surface area contributed by atoms with Crippen LogP contribution >= 0.6 is 11.6 Å². The van der Waals surface area contributed by atoms with Gasteiger partial charge in [-0.25, -0.2) is 9.97 Å². The number of hydrogen-bond donors (Lipinski definition) is 2. The molecule has 0 radical (unpaired) electrons. The van der Waals surface area contributed by atoms with Crippen molar-refractivity contribution in [2.75, 3.05) is 11.9 Å². The number of hydrogen-bond acceptors (Lipinski definition) is 4. The molecule has 0 aliphatic heterocycles. The predicted molar refractivity (Wildman–Crippen MR) is 109 cm³/mol. The smallest absolute Gasteiger partial charge is 0.271 e. The molecule has 5 nitrogen and oxygen atoms in total. The quantitative estimate of drug-likeness (QED) is 0.662. The van der Waals surface area contributed by atoms with E-state index in [1.807, 2.05) is 56.3 Å². The van der Waals surface area contributed by atoms with E-state index in [4.69, 9.17) is 11.6 Å². The molecule has 138 valence electrons. The lowest BCUT2D eigenvalue weighted by atomic mass is 10.1. The van der Waals surface area contributed by atoms with E-state index in [1.165, 1.54) is 18.0 Å². The monoisotopic (exact) mass is 380 g/mol. The van der Waals surface area contributed by atoms with Crippen molar-refractivity contribution >= 4 is 29.0 Å². The summed E-state index contributed by atoms with van der Waals surface area (Å²) < 4.78 is 0. The highest BCUT2D eigenvalue weighted by Crippen LogP contribution is 2.29. The van der Waals surface area contributed by atoms with E-state index in [2.05, 4.69) is 20.6 Å². The fraction of sp³-hybridized carbons (Fsp3) is 0.190. The average Bonchev–Trinajstić information content (AvgIpc) is 2.66. The Morgan fingerprint density at radius 3 is 2.52 bits per heavy atom. The van der Waals surface area contributed by atoms with Crippen LogP contribution in [0.25, 0.3) is 0 Å². The Bertz CT molecular complexity index is 904. The van der Waals surface area contributed by atoms with Crippen molar-refractivity contribution < 1.29 is 4.79 Å². The van der Waals surface area contributed by atoms with Crippen LogP contribution in [0.1, 0.15) is 27.2 Å². The summed E-state index contributed by atoms with van der Waals surface area (Å²) in [6.45, 7) is 4.51. The lowest BCUT2D eigenvalue weighted by Crippen LogP contribution is -2.26. The Morgan fingerprint density at radius 1 is 1.07 bits per heavy atom. The molecule has 1 amide bonds. The van der Waals surface area contributed by atoms with Gasteiger partial charge in [0, 0.05) is 6.54 Å². The Hall–Kier alpha value is -2.92. The van der Waals surface area contributed by atoms with Gasteiger partial charge in [-0.3, -0.25) is 4.79 Å². The molecule has 6 heteroatoms. The zero-order valence-electron chi connectivity index (χ0n) is 15.3. The van der Waals surface area contributed by atoms with Gasteiger partial charge in [-0.05, 0) is 43.0 Å². The lowest BCUT2D eigenvalue weighted by Gasteiger charge is -2.12. The molecular formula is C21H21ClN4O. The largest absolute Gasteiger partial charge is 0.350 e. The van der Waals surface area contributed by atoms with Crippen LogP contribution in [0.5, 0.6) is 0 Å². The number of aromatic nitrogens is 2. The molecule has 1 aromatic heterocycles. The molecule has 0 aliphatic rings. The summed E-state index contributed by atoms with van der Waals surface area (Å²) in [5, 5.41) is 6.64. The van der Waals surface area contributed by atoms with Gasteiger partial charge in [-0.1, -0.05) is 48.0 Å². The zero-order valence-corrected chi connectivity index (χ0v) is 16.0. The van der Waals surface area contributed by atoms with Gasteiger partial charge in [0.25, 0.3) is 5.91 Å². The van der Waals surface area contributed by atoms with Gasteiger partial charge in [0.15, 0.2) is 0 Å². The van der Waals surface area contributed by atoms with Crippen LogP contribution in [-0.4, -0.2) is 22.4 Å². The van der Waals surface area contributed by atoms with Crippen molar-refractivity contribution in [2.45, 2.75) is 20.3 Å². The molecular weight excluding hydrogens is 360 g/mol. The summed E-state index contributed by atoms with van der Waals surface area (Å²) in [4.78, 5) is 20.7. The number of nitrogens with zero attached hydrogens (tertiary/aromatic N) is 2. The normalized spacial score (nSPS) is 10.5. The summed E-state index contributed by atoms with van der Waals surface area (Å²) in [6.07, 6.45) is 3.75. The van der Waals surface area contributed by atoms with Crippen LogP contribution in [-0.2, 0) is 6.42 Å². The first-order chi connectivity index (χ1) is 13.0. The van der Waals surface area contributed by atoms with Crippen LogP contribution in [0, 0.1) is 13.8 Å². The number of aryl methyl sites for hydroxylation is 2. The number of carbonyl (C=O) groups excluding carboxylic acids is 1. The highest BCUT2D eigenvalue weighted by atomic mass is 35.5. The molecule has 0 saturated heterocycles. The van der Waals surface area contributed by atoms with E-state index in [9.17, 15) is 4.79 Å². The highest BCUT2D eigenvalue weighted by Gasteiger charge is 2.10. The van der Waals surface area contributed by atoms with Crippen molar-refractivity contribution in [3.63, 3.8) is 0 Å². The third-order valence-electron chi connectivity index (χ3n) is 4.11. The second kappa shape index (κ2) is 8.64. The third kappa shape index (κ3) is 5.05. The molecule has 0 fully saturated rings. The van der Waals surface area contributed by atoms with Gasteiger partial charge in [0.05, 0.1) is 23.1 Å². The van der Waals surface area contributed by atoms with Gasteiger partial charge >= 0.3 is 0 Å². The Morgan fingerprint density at radius 2 is 1.85 bits per heavy atom. The van der Waals surface area contributed by atoms with E-state index < -0.39 is 0 Å². The number of halogens is 1. The third-order valence-corrected chi connectivity index (χ3v) is 4.41. The second-order valence-corrected chi connectivity index (χ2v) is 6.75. The first-order valence-corrected chi connectivity index (χ1v) is 9.08. The zero-order chi connectivity index (χ0) is 19.2. The molecule has 0 unspecified atom stereocenters. The minimum absolute atomic E-state index is 0.241. The Labute approximate surface area is 163 Å². The molecule has 2 aromatic carbocycles. The topological polar surface area (TPSA) is 66.9 Å². The van der Waals surface area contributed by atoms with Crippen molar-refractivity contribution in [3.8, 4) is 0 Å². The molecule has 0 atom stereocenters. The molecule has 0 spiro atoms. The molecule has 0 bridgehead atoms. The van der Waals surface area contributed by atoms with Crippen molar-refractivity contribution in [1.29, 1.82) is 0 Å². The van der Waals surface area contributed by atoms with E-state index in [0.717, 1.165) is 23.2 Å². The lowest BCUT2D eigenvalue weighted by molar-refractivity contribution is 0.0949. The van der Waals surface area contributed by atoms with Crippen LogP contribution in [0.2, 0.25) is 5.02 Å². The van der Waals surface area contributed by atoms with Crippen molar-refractivity contribution in [3.05, 3.63) is 82.3 Å². The molecule has 2 N–H and O–H groups in total. The van der Waals surface area contributed by atoms with Crippen molar-refractivity contribution in [2.24, 2.45) is 0 Å². The first kappa shape index (κ1) is 18.9.